The Hall–Kier alpha value is -0.410. The molecule has 0 N–H and O–H groups in total. The van der Waals surface area contributed by atoms with E-state index in [0.717, 1.165) is 0 Å². The SMILES string of the molecule is O=S=C1C=CC=NC1Cl. The van der Waals surface area contributed by atoms with E-state index in [1.54, 1.807) is 18.4 Å². The van der Waals surface area contributed by atoms with Crippen LogP contribution in [0.2, 0.25) is 0 Å². The lowest BCUT2D eigenvalue weighted by molar-refractivity contribution is 0.701. The largest absolute Gasteiger partial charge is 0.268 e. The first-order valence-electron chi connectivity index (χ1n) is 2.35. The zero-order valence-electron chi connectivity index (χ0n) is 4.45. The van der Waals surface area contributed by atoms with Crippen molar-refractivity contribution in [2.75, 3.05) is 0 Å². The van der Waals surface area contributed by atoms with Crippen molar-refractivity contribution in [3.05, 3.63) is 12.2 Å². The molecular weight excluding hydrogens is 158 g/mol. The standard InChI is InChI=1S/C5H4ClNOS/c6-5-4(9-8)2-1-3-7-5/h1-3,5H. The van der Waals surface area contributed by atoms with E-state index in [1.807, 2.05) is 0 Å². The predicted molar refractivity (Wildman–Crippen MR) is 40.4 cm³/mol. The first-order chi connectivity index (χ1) is 4.34. The molecule has 1 rings (SSSR count). The van der Waals surface area contributed by atoms with Gasteiger partial charge in [-0.15, -0.1) is 0 Å². The molecule has 1 aliphatic heterocycles. The number of dihydropyridines is 1. The molecule has 0 aromatic rings. The number of alkyl halides is 1. The summed E-state index contributed by atoms with van der Waals surface area (Å²) in [4.78, 5) is 4.33. The van der Waals surface area contributed by atoms with Gasteiger partial charge in [0.2, 0.25) is 0 Å². The minimum absolute atomic E-state index is 0.388. The summed E-state index contributed by atoms with van der Waals surface area (Å²) in [6.07, 6.45) is 4.94. The van der Waals surface area contributed by atoms with E-state index in [9.17, 15) is 4.21 Å². The quantitative estimate of drug-likeness (QED) is 0.290. The smallest absolute Gasteiger partial charge is 0.160 e. The molecular formula is C5H4ClNOS. The van der Waals surface area contributed by atoms with Crippen molar-refractivity contribution in [3.63, 3.8) is 0 Å². The molecule has 0 aromatic carbocycles. The molecule has 48 valence electrons. The summed E-state index contributed by atoms with van der Waals surface area (Å²) in [7, 11) is 0. The van der Waals surface area contributed by atoms with Gasteiger partial charge in [-0.2, -0.15) is 0 Å². The molecule has 2 nitrogen and oxygen atoms in total. The van der Waals surface area contributed by atoms with Crippen LogP contribution in [-0.4, -0.2) is 20.8 Å². The number of hydrogen-bond acceptors (Lipinski definition) is 2. The van der Waals surface area contributed by atoms with Gasteiger partial charge in [-0.05, 0) is 12.2 Å². The Morgan fingerprint density at radius 2 is 2.56 bits per heavy atom. The highest BCUT2D eigenvalue weighted by atomic mass is 35.5. The van der Waals surface area contributed by atoms with E-state index in [4.69, 9.17) is 11.6 Å². The molecule has 0 saturated heterocycles. The van der Waals surface area contributed by atoms with Crippen molar-refractivity contribution < 1.29 is 4.21 Å². The highest BCUT2D eigenvalue weighted by molar-refractivity contribution is 7.67. The van der Waals surface area contributed by atoms with E-state index in [-0.39, 0.29) is 0 Å². The van der Waals surface area contributed by atoms with Gasteiger partial charge in [0, 0.05) is 6.21 Å². The molecule has 0 aliphatic carbocycles. The summed E-state index contributed by atoms with van der Waals surface area (Å²) in [5, 5.41) is 0. The number of hydrogen-bond donors (Lipinski definition) is 0. The summed E-state index contributed by atoms with van der Waals surface area (Å²) in [5.41, 5.74) is -0.461. The van der Waals surface area contributed by atoms with Crippen LogP contribution in [0.1, 0.15) is 0 Å². The van der Waals surface area contributed by atoms with E-state index in [2.05, 4.69) is 4.99 Å². The van der Waals surface area contributed by atoms with Crippen LogP contribution in [-0.2, 0) is 11.3 Å². The van der Waals surface area contributed by atoms with E-state index in [1.165, 1.54) is 0 Å². The van der Waals surface area contributed by atoms with Crippen LogP contribution < -0.4 is 0 Å². The highest BCUT2D eigenvalue weighted by Crippen LogP contribution is 2.03. The molecule has 0 aromatic heterocycles. The molecule has 0 radical (unpaired) electrons. The number of halogens is 1. The van der Waals surface area contributed by atoms with Gasteiger partial charge in [-0.25, -0.2) is 4.21 Å². The van der Waals surface area contributed by atoms with Gasteiger partial charge in [-0.1, -0.05) is 11.6 Å². The molecule has 1 atom stereocenters. The molecule has 9 heavy (non-hydrogen) atoms. The zero-order chi connectivity index (χ0) is 6.69. The van der Waals surface area contributed by atoms with E-state index >= 15 is 0 Å². The molecule has 0 amide bonds. The fraction of sp³-hybridized carbons (Fsp3) is 0.200. The molecule has 0 saturated carbocycles. The van der Waals surface area contributed by atoms with Gasteiger partial charge >= 0.3 is 0 Å². The molecule has 1 unspecified atom stereocenters. The molecule has 1 heterocycles. The molecule has 0 bridgehead atoms. The fourth-order valence-electron chi connectivity index (χ4n) is 0.483. The lowest BCUT2D eigenvalue weighted by Gasteiger charge is -2.02. The molecule has 0 fully saturated rings. The third-order valence-corrected chi connectivity index (χ3v) is 1.92. The van der Waals surface area contributed by atoms with Crippen molar-refractivity contribution in [1.29, 1.82) is 0 Å². The first kappa shape index (κ1) is 6.71. The zero-order valence-corrected chi connectivity index (χ0v) is 6.02. The Balaban J connectivity index is 2.90. The van der Waals surface area contributed by atoms with Gasteiger partial charge in [-0.3, -0.25) is 4.99 Å². The maximum absolute atomic E-state index is 10.2. The number of nitrogens with zero attached hydrogens (tertiary/aromatic N) is 1. The van der Waals surface area contributed by atoms with E-state index in [0.29, 0.717) is 16.1 Å². The van der Waals surface area contributed by atoms with Crippen LogP contribution in [0.15, 0.2) is 17.1 Å². The first-order valence-corrected chi connectivity index (χ1v) is 3.53. The second kappa shape index (κ2) is 2.94. The van der Waals surface area contributed by atoms with Gasteiger partial charge in [0.25, 0.3) is 0 Å². The highest BCUT2D eigenvalue weighted by Gasteiger charge is 2.07. The second-order valence-electron chi connectivity index (χ2n) is 1.48. The average Bonchev–Trinajstić information content (AvgIpc) is 1.89. The van der Waals surface area contributed by atoms with Crippen molar-refractivity contribution in [3.8, 4) is 0 Å². The van der Waals surface area contributed by atoms with Gasteiger partial charge < -0.3 is 0 Å². The molecule has 4 heteroatoms. The van der Waals surface area contributed by atoms with Crippen LogP contribution in [0, 0.1) is 0 Å². The number of allylic oxidation sites excluding steroid dienone is 1. The topological polar surface area (TPSA) is 29.4 Å². The molecule has 0 spiro atoms. The lowest BCUT2D eigenvalue weighted by Crippen LogP contribution is -2.11. The van der Waals surface area contributed by atoms with Crippen LogP contribution >= 0.6 is 11.6 Å². The summed E-state index contributed by atoms with van der Waals surface area (Å²) in [5.74, 6) is 0. The van der Waals surface area contributed by atoms with Gasteiger partial charge in [0.15, 0.2) is 5.50 Å². The Morgan fingerprint density at radius 3 is 3.00 bits per heavy atom. The summed E-state index contributed by atoms with van der Waals surface area (Å²) in [6, 6.07) is 0. The third-order valence-electron chi connectivity index (χ3n) is 0.895. The third kappa shape index (κ3) is 1.50. The van der Waals surface area contributed by atoms with Crippen LogP contribution in [0.3, 0.4) is 0 Å². The maximum Gasteiger partial charge on any atom is 0.160 e. The minimum atomic E-state index is -0.461. The van der Waals surface area contributed by atoms with Gasteiger partial charge in [0.05, 0.1) is 16.1 Å². The summed E-state index contributed by atoms with van der Waals surface area (Å²) in [6.45, 7) is 0. The average molecular weight is 162 g/mol. The van der Waals surface area contributed by atoms with Crippen molar-refractivity contribution in [2.24, 2.45) is 4.99 Å². The second-order valence-corrected chi connectivity index (χ2v) is 2.53. The van der Waals surface area contributed by atoms with E-state index < -0.39 is 5.50 Å². The Bertz CT molecular complexity index is 217. The molecule has 1 aliphatic rings. The van der Waals surface area contributed by atoms with Crippen molar-refractivity contribution >= 4 is 33.9 Å². The van der Waals surface area contributed by atoms with Crippen molar-refractivity contribution in [1.82, 2.24) is 0 Å². The minimum Gasteiger partial charge on any atom is -0.268 e. The lowest BCUT2D eigenvalue weighted by atomic mass is 10.3. The van der Waals surface area contributed by atoms with Gasteiger partial charge in [0.1, 0.15) is 0 Å². The summed E-state index contributed by atoms with van der Waals surface area (Å²) >= 11 is 5.96. The Labute approximate surface area is 61.3 Å². The number of rotatable bonds is 0. The summed E-state index contributed by atoms with van der Waals surface area (Å²) < 4.78 is 10.2. The maximum atomic E-state index is 10.2. The van der Waals surface area contributed by atoms with Crippen LogP contribution in [0.25, 0.3) is 0 Å². The monoisotopic (exact) mass is 161 g/mol. The van der Waals surface area contributed by atoms with Crippen molar-refractivity contribution in [2.45, 2.75) is 5.50 Å². The predicted octanol–water partition coefficient (Wildman–Crippen LogP) is 0.577. The Morgan fingerprint density at radius 1 is 1.78 bits per heavy atom. The van der Waals surface area contributed by atoms with Crippen LogP contribution in [0.5, 0.6) is 0 Å². The Kier molecular flexibility index (Phi) is 2.19. The van der Waals surface area contributed by atoms with Crippen LogP contribution in [0.4, 0.5) is 0 Å². The normalized spacial score (nSPS) is 24.6. The fourth-order valence-corrected chi connectivity index (χ4v) is 1.00. The number of aliphatic imine (C=N–C) groups is 1.